The van der Waals surface area contributed by atoms with Crippen LogP contribution >= 0.6 is 0 Å². The molecule has 0 aromatic heterocycles. The lowest BCUT2D eigenvalue weighted by Gasteiger charge is -2.16. The molecular formula is C16H18FNO2. The van der Waals surface area contributed by atoms with Crippen LogP contribution in [-0.2, 0) is 6.42 Å². The minimum absolute atomic E-state index is 0.318. The molecule has 0 bridgehead atoms. The molecule has 0 aliphatic rings. The topological polar surface area (TPSA) is 44.5 Å². The van der Waals surface area contributed by atoms with Crippen LogP contribution in [0.5, 0.6) is 11.5 Å². The highest BCUT2D eigenvalue weighted by Crippen LogP contribution is 2.27. The van der Waals surface area contributed by atoms with E-state index in [1.807, 2.05) is 24.3 Å². The van der Waals surface area contributed by atoms with Gasteiger partial charge in [-0.3, -0.25) is 0 Å². The van der Waals surface area contributed by atoms with Gasteiger partial charge in [0.15, 0.2) is 0 Å². The molecule has 0 saturated heterocycles. The van der Waals surface area contributed by atoms with Crippen LogP contribution in [0.2, 0.25) is 0 Å². The summed E-state index contributed by atoms with van der Waals surface area (Å²) < 4.78 is 23.8. The Balaban J connectivity index is 2.23. The van der Waals surface area contributed by atoms with Gasteiger partial charge >= 0.3 is 0 Å². The molecule has 20 heavy (non-hydrogen) atoms. The van der Waals surface area contributed by atoms with Crippen molar-refractivity contribution in [1.29, 1.82) is 0 Å². The molecular weight excluding hydrogens is 257 g/mol. The molecule has 3 nitrogen and oxygen atoms in total. The van der Waals surface area contributed by atoms with Gasteiger partial charge in [-0.05, 0) is 42.3 Å². The zero-order valence-corrected chi connectivity index (χ0v) is 11.6. The molecule has 0 aliphatic carbocycles. The molecule has 106 valence electrons. The number of halogens is 1. The van der Waals surface area contributed by atoms with Gasteiger partial charge in [0.2, 0.25) is 0 Å². The SMILES string of the molecule is COc1cccc(CC(N)c2cc(F)ccc2OC)c1. The molecule has 1 unspecified atom stereocenters. The van der Waals surface area contributed by atoms with Crippen molar-refractivity contribution in [3.63, 3.8) is 0 Å². The summed E-state index contributed by atoms with van der Waals surface area (Å²) in [6.07, 6.45) is 0.580. The lowest BCUT2D eigenvalue weighted by atomic mass is 9.98. The number of ether oxygens (including phenoxy) is 2. The van der Waals surface area contributed by atoms with E-state index in [0.717, 1.165) is 11.3 Å². The molecule has 2 aromatic carbocycles. The van der Waals surface area contributed by atoms with Crippen LogP contribution in [0.15, 0.2) is 42.5 Å². The third kappa shape index (κ3) is 3.27. The summed E-state index contributed by atoms with van der Waals surface area (Å²) in [5.74, 6) is 1.06. The summed E-state index contributed by atoms with van der Waals surface area (Å²) in [5, 5.41) is 0. The summed E-state index contributed by atoms with van der Waals surface area (Å²) in [4.78, 5) is 0. The molecule has 4 heteroatoms. The fourth-order valence-electron chi connectivity index (χ4n) is 2.16. The molecule has 0 radical (unpaired) electrons. The third-order valence-corrected chi connectivity index (χ3v) is 3.18. The molecule has 0 heterocycles. The minimum Gasteiger partial charge on any atom is -0.497 e. The Labute approximate surface area is 118 Å². The monoisotopic (exact) mass is 275 g/mol. The van der Waals surface area contributed by atoms with E-state index >= 15 is 0 Å². The molecule has 2 rings (SSSR count). The van der Waals surface area contributed by atoms with Gasteiger partial charge in [-0.25, -0.2) is 4.39 Å². The summed E-state index contributed by atoms with van der Waals surface area (Å²) in [7, 11) is 3.17. The van der Waals surface area contributed by atoms with Gasteiger partial charge in [0, 0.05) is 11.6 Å². The van der Waals surface area contributed by atoms with Gasteiger partial charge in [-0.15, -0.1) is 0 Å². The number of nitrogens with two attached hydrogens (primary N) is 1. The molecule has 0 saturated carbocycles. The Morgan fingerprint density at radius 2 is 1.90 bits per heavy atom. The highest BCUT2D eigenvalue weighted by atomic mass is 19.1. The number of rotatable bonds is 5. The van der Waals surface area contributed by atoms with Crippen LogP contribution in [0.3, 0.4) is 0 Å². The van der Waals surface area contributed by atoms with Crippen LogP contribution in [0, 0.1) is 5.82 Å². The zero-order valence-electron chi connectivity index (χ0n) is 11.6. The highest BCUT2D eigenvalue weighted by molar-refractivity contribution is 5.38. The Morgan fingerprint density at radius 3 is 2.60 bits per heavy atom. The van der Waals surface area contributed by atoms with Crippen LogP contribution in [-0.4, -0.2) is 14.2 Å². The molecule has 0 amide bonds. The van der Waals surface area contributed by atoms with Gasteiger partial charge in [0.25, 0.3) is 0 Å². The normalized spacial score (nSPS) is 12.0. The fraction of sp³-hybridized carbons (Fsp3) is 0.250. The summed E-state index contributed by atoms with van der Waals surface area (Å²) >= 11 is 0. The van der Waals surface area contributed by atoms with E-state index in [-0.39, 0.29) is 11.9 Å². The third-order valence-electron chi connectivity index (χ3n) is 3.18. The standard InChI is InChI=1S/C16H18FNO2/c1-19-13-5-3-4-11(8-13)9-15(18)14-10-12(17)6-7-16(14)20-2/h3-8,10,15H,9,18H2,1-2H3. The van der Waals surface area contributed by atoms with Crippen molar-refractivity contribution < 1.29 is 13.9 Å². The largest absolute Gasteiger partial charge is 0.497 e. The number of methoxy groups -OCH3 is 2. The van der Waals surface area contributed by atoms with Crippen molar-refractivity contribution in [3.8, 4) is 11.5 Å². The molecule has 1 atom stereocenters. The molecule has 2 N–H and O–H groups in total. The second-order valence-electron chi connectivity index (χ2n) is 4.55. The first-order valence-corrected chi connectivity index (χ1v) is 6.36. The second kappa shape index (κ2) is 6.39. The number of benzene rings is 2. The Bertz CT molecular complexity index is 586. The lowest BCUT2D eigenvalue weighted by molar-refractivity contribution is 0.403. The molecule has 2 aromatic rings. The molecule has 0 spiro atoms. The predicted molar refractivity (Wildman–Crippen MR) is 76.6 cm³/mol. The Hall–Kier alpha value is -2.07. The average molecular weight is 275 g/mol. The first-order valence-electron chi connectivity index (χ1n) is 6.36. The second-order valence-corrected chi connectivity index (χ2v) is 4.55. The lowest BCUT2D eigenvalue weighted by Crippen LogP contribution is -2.14. The first kappa shape index (κ1) is 14.3. The van der Waals surface area contributed by atoms with E-state index in [2.05, 4.69) is 0 Å². The van der Waals surface area contributed by atoms with E-state index in [1.54, 1.807) is 20.3 Å². The average Bonchev–Trinajstić information content (AvgIpc) is 2.47. The van der Waals surface area contributed by atoms with Gasteiger partial charge in [-0.1, -0.05) is 12.1 Å². The van der Waals surface area contributed by atoms with Gasteiger partial charge in [0.1, 0.15) is 17.3 Å². The van der Waals surface area contributed by atoms with E-state index < -0.39 is 0 Å². The van der Waals surface area contributed by atoms with E-state index in [0.29, 0.717) is 17.7 Å². The van der Waals surface area contributed by atoms with Crippen LogP contribution in [0.1, 0.15) is 17.2 Å². The van der Waals surface area contributed by atoms with Crippen molar-refractivity contribution in [3.05, 3.63) is 59.4 Å². The molecule has 0 aliphatic heterocycles. The summed E-state index contributed by atoms with van der Waals surface area (Å²) in [5.41, 5.74) is 7.87. The highest BCUT2D eigenvalue weighted by Gasteiger charge is 2.14. The smallest absolute Gasteiger partial charge is 0.123 e. The maximum absolute atomic E-state index is 13.4. The minimum atomic E-state index is -0.340. The van der Waals surface area contributed by atoms with Crippen LogP contribution < -0.4 is 15.2 Å². The van der Waals surface area contributed by atoms with Crippen LogP contribution in [0.4, 0.5) is 4.39 Å². The van der Waals surface area contributed by atoms with Gasteiger partial charge < -0.3 is 15.2 Å². The molecule has 0 fully saturated rings. The fourth-order valence-corrected chi connectivity index (χ4v) is 2.16. The summed E-state index contributed by atoms with van der Waals surface area (Å²) in [6, 6.07) is 11.7. The zero-order chi connectivity index (χ0) is 14.5. The van der Waals surface area contributed by atoms with Crippen LogP contribution in [0.25, 0.3) is 0 Å². The van der Waals surface area contributed by atoms with Crippen molar-refractivity contribution in [1.82, 2.24) is 0 Å². The van der Waals surface area contributed by atoms with Gasteiger partial charge in [0.05, 0.1) is 14.2 Å². The number of hydrogen-bond acceptors (Lipinski definition) is 3. The Kier molecular flexibility index (Phi) is 4.58. The van der Waals surface area contributed by atoms with Crippen molar-refractivity contribution in [2.45, 2.75) is 12.5 Å². The quantitative estimate of drug-likeness (QED) is 0.912. The van der Waals surface area contributed by atoms with Crippen molar-refractivity contribution in [2.75, 3.05) is 14.2 Å². The van der Waals surface area contributed by atoms with E-state index in [9.17, 15) is 4.39 Å². The van der Waals surface area contributed by atoms with Crippen molar-refractivity contribution >= 4 is 0 Å². The first-order chi connectivity index (χ1) is 9.63. The maximum atomic E-state index is 13.4. The summed E-state index contributed by atoms with van der Waals surface area (Å²) in [6.45, 7) is 0. The predicted octanol–water partition coefficient (Wildman–Crippen LogP) is 3.09. The Morgan fingerprint density at radius 1 is 1.10 bits per heavy atom. The van der Waals surface area contributed by atoms with E-state index in [1.165, 1.54) is 12.1 Å². The maximum Gasteiger partial charge on any atom is 0.123 e. The van der Waals surface area contributed by atoms with E-state index in [4.69, 9.17) is 15.2 Å². The van der Waals surface area contributed by atoms with Crippen molar-refractivity contribution in [2.24, 2.45) is 5.73 Å². The number of hydrogen-bond donors (Lipinski definition) is 1. The van der Waals surface area contributed by atoms with Gasteiger partial charge in [-0.2, -0.15) is 0 Å².